The molecule has 1 heterocycles. The van der Waals surface area contributed by atoms with Crippen molar-refractivity contribution in [3.05, 3.63) is 88.4 Å². The van der Waals surface area contributed by atoms with Crippen LogP contribution in [0.1, 0.15) is 16.2 Å². The Hall–Kier alpha value is -3.96. The summed E-state index contributed by atoms with van der Waals surface area (Å²) in [5.74, 6) is -0.454. The highest BCUT2D eigenvalue weighted by Gasteiger charge is 2.31. The van der Waals surface area contributed by atoms with Crippen molar-refractivity contribution in [3.8, 4) is 28.7 Å². The number of ether oxygens (including phenoxy) is 2. The Bertz CT molecular complexity index is 1350. The van der Waals surface area contributed by atoms with Gasteiger partial charge >= 0.3 is 6.36 Å². The topological polar surface area (TPSA) is 98.5 Å². The van der Waals surface area contributed by atoms with Crippen molar-refractivity contribution >= 4 is 29.1 Å². The summed E-state index contributed by atoms with van der Waals surface area (Å²) in [6, 6.07) is 14.6. The molecule has 0 unspecified atom stereocenters. The maximum atomic E-state index is 12.4. The number of hydrogen-bond donors (Lipinski definition) is 2. The van der Waals surface area contributed by atoms with Crippen molar-refractivity contribution in [2.24, 2.45) is 0 Å². The third kappa shape index (κ3) is 6.37. The smallest absolute Gasteiger partial charge is 0.505 e. The van der Waals surface area contributed by atoms with E-state index in [1.165, 1.54) is 35.3 Å². The number of phenols is 1. The average molecular weight is 539 g/mol. The van der Waals surface area contributed by atoms with Crippen LogP contribution < -0.4 is 14.8 Å². The highest BCUT2D eigenvalue weighted by molar-refractivity contribution is 6.37. The van der Waals surface area contributed by atoms with Gasteiger partial charge in [-0.1, -0.05) is 35.3 Å². The predicted octanol–water partition coefficient (Wildman–Crippen LogP) is 5.90. The van der Waals surface area contributed by atoms with Gasteiger partial charge in [0.2, 0.25) is 5.82 Å². The molecule has 0 aliphatic rings. The molecule has 0 radical (unpaired) electrons. The van der Waals surface area contributed by atoms with Crippen molar-refractivity contribution in [2.75, 3.05) is 0 Å². The molecule has 0 saturated carbocycles. The quantitative estimate of drug-likeness (QED) is 0.304. The zero-order valence-electron chi connectivity index (χ0n) is 18.0. The Morgan fingerprint density at radius 1 is 0.972 bits per heavy atom. The lowest BCUT2D eigenvalue weighted by Crippen LogP contribution is -2.24. The first kappa shape index (κ1) is 25.1. The molecule has 0 bridgehead atoms. The lowest BCUT2D eigenvalue weighted by Gasteiger charge is -2.10. The summed E-state index contributed by atoms with van der Waals surface area (Å²) in [7, 11) is 0. The lowest BCUT2D eigenvalue weighted by molar-refractivity contribution is -0.274. The summed E-state index contributed by atoms with van der Waals surface area (Å²) in [5, 5.41) is 16.5. The van der Waals surface area contributed by atoms with Crippen LogP contribution in [0.15, 0.2) is 67.0 Å². The molecule has 8 nitrogen and oxygen atoms in total. The van der Waals surface area contributed by atoms with Crippen LogP contribution in [0.5, 0.6) is 23.0 Å². The minimum Gasteiger partial charge on any atom is -0.505 e. The van der Waals surface area contributed by atoms with Crippen LogP contribution in [0.4, 0.5) is 13.2 Å². The number of carbonyl (C=O) groups is 1. The Balaban J connectivity index is 1.32. The van der Waals surface area contributed by atoms with E-state index < -0.39 is 12.3 Å². The van der Waals surface area contributed by atoms with Gasteiger partial charge in [-0.05, 0) is 54.1 Å². The Morgan fingerprint density at radius 2 is 1.53 bits per heavy atom. The van der Waals surface area contributed by atoms with E-state index in [2.05, 4.69) is 20.1 Å². The van der Waals surface area contributed by atoms with Gasteiger partial charge in [0.25, 0.3) is 5.91 Å². The summed E-state index contributed by atoms with van der Waals surface area (Å²) >= 11 is 11.8. The first-order chi connectivity index (χ1) is 17.1. The van der Waals surface area contributed by atoms with E-state index in [9.17, 15) is 23.1 Å². The molecule has 0 aliphatic heterocycles. The summed E-state index contributed by atoms with van der Waals surface area (Å²) in [6.07, 6.45) is -3.46. The molecule has 0 fully saturated rings. The molecular formula is C23H15Cl2F3N4O4. The summed E-state index contributed by atoms with van der Waals surface area (Å²) in [4.78, 5) is 16.4. The molecule has 1 amide bonds. The standard InChI is InChI=1S/C23H15Cl2F3N4O4/c24-18-9-14(10-19(25)20(18)33)32-12-30-21(31-32)22(34)29-11-13-1-3-15(4-2-13)35-16-5-7-17(8-6-16)36-23(26,27)28/h1-10,12,33H,11H2,(H,29,34). The van der Waals surface area contributed by atoms with Gasteiger partial charge in [0.15, 0.2) is 5.75 Å². The van der Waals surface area contributed by atoms with Crippen LogP contribution in [0.3, 0.4) is 0 Å². The highest BCUT2D eigenvalue weighted by atomic mass is 35.5. The summed E-state index contributed by atoms with van der Waals surface area (Å²) < 4.78 is 47.4. The van der Waals surface area contributed by atoms with E-state index in [-0.39, 0.29) is 33.9 Å². The number of alkyl halides is 3. The van der Waals surface area contributed by atoms with Crippen molar-refractivity contribution < 1.29 is 32.5 Å². The van der Waals surface area contributed by atoms with E-state index >= 15 is 0 Å². The normalized spacial score (nSPS) is 11.2. The molecule has 0 spiro atoms. The molecule has 186 valence electrons. The van der Waals surface area contributed by atoms with Crippen LogP contribution in [0.25, 0.3) is 5.69 Å². The second-order valence-corrected chi connectivity index (χ2v) is 8.03. The van der Waals surface area contributed by atoms with Crippen LogP contribution in [0, 0.1) is 0 Å². The Kier molecular flexibility index (Phi) is 7.22. The summed E-state index contributed by atoms with van der Waals surface area (Å²) in [6.45, 7) is 0.175. The first-order valence-corrected chi connectivity index (χ1v) is 10.8. The van der Waals surface area contributed by atoms with Crippen molar-refractivity contribution in [2.45, 2.75) is 12.9 Å². The van der Waals surface area contributed by atoms with Crippen LogP contribution in [-0.2, 0) is 6.54 Å². The van der Waals surface area contributed by atoms with E-state index in [4.69, 9.17) is 27.9 Å². The van der Waals surface area contributed by atoms with Crippen LogP contribution >= 0.6 is 23.2 Å². The Labute approximate surface area is 211 Å². The average Bonchev–Trinajstić information content (AvgIpc) is 3.32. The predicted molar refractivity (Wildman–Crippen MR) is 124 cm³/mol. The molecule has 0 atom stereocenters. The van der Waals surface area contributed by atoms with E-state index in [1.807, 2.05) is 0 Å². The fourth-order valence-electron chi connectivity index (χ4n) is 2.96. The molecule has 4 aromatic rings. The number of hydrogen-bond acceptors (Lipinski definition) is 6. The van der Waals surface area contributed by atoms with Crippen molar-refractivity contribution in [3.63, 3.8) is 0 Å². The number of nitrogens with one attached hydrogen (secondary N) is 1. The largest absolute Gasteiger partial charge is 0.573 e. The third-order valence-electron chi connectivity index (χ3n) is 4.63. The van der Waals surface area contributed by atoms with E-state index in [0.717, 1.165) is 17.7 Å². The third-order valence-corrected chi connectivity index (χ3v) is 5.21. The van der Waals surface area contributed by atoms with Gasteiger partial charge in [-0.3, -0.25) is 4.79 Å². The fourth-order valence-corrected chi connectivity index (χ4v) is 3.43. The number of amides is 1. The van der Waals surface area contributed by atoms with Gasteiger partial charge in [-0.15, -0.1) is 18.3 Å². The monoisotopic (exact) mass is 538 g/mol. The number of nitrogens with zero attached hydrogens (tertiary/aromatic N) is 3. The number of carbonyl (C=O) groups excluding carboxylic acids is 1. The number of aromatic hydroxyl groups is 1. The van der Waals surface area contributed by atoms with Crippen molar-refractivity contribution in [1.29, 1.82) is 0 Å². The first-order valence-electron chi connectivity index (χ1n) is 10.1. The number of rotatable bonds is 7. The van der Waals surface area contributed by atoms with E-state index in [0.29, 0.717) is 17.2 Å². The molecule has 2 N–H and O–H groups in total. The second kappa shape index (κ2) is 10.3. The van der Waals surface area contributed by atoms with Gasteiger partial charge in [-0.2, -0.15) is 0 Å². The van der Waals surface area contributed by atoms with Crippen LogP contribution in [0.2, 0.25) is 10.0 Å². The molecule has 13 heteroatoms. The zero-order chi connectivity index (χ0) is 25.9. The maximum absolute atomic E-state index is 12.4. The molecule has 4 rings (SSSR count). The molecule has 0 saturated heterocycles. The zero-order valence-corrected chi connectivity index (χ0v) is 19.5. The SMILES string of the molecule is O=C(NCc1ccc(Oc2ccc(OC(F)(F)F)cc2)cc1)c1ncn(-c2cc(Cl)c(O)c(Cl)c2)n1. The van der Waals surface area contributed by atoms with Gasteiger partial charge in [0.05, 0.1) is 15.7 Å². The Morgan fingerprint density at radius 3 is 2.11 bits per heavy atom. The number of benzene rings is 3. The van der Waals surface area contributed by atoms with Gasteiger partial charge < -0.3 is 19.9 Å². The number of aromatic nitrogens is 3. The van der Waals surface area contributed by atoms with Crippen molar-refractivity contribution in [1.82, 2.24) is 20.1 Å². The molecular weight excluding hydrogens is 524 g/mol. The molecule has 1 aromatic heterocycles. The maximum Gasteiger partial charge on any atom is 0.573 e. The number of phenolic OH excluding ortho intramolecular Hbond substituents is 1. The van der Waals surface area contributed by atoms with Crippen LogP contribution in [-0.4, -0.2) is 32.1 Å². The molecule has 3 aromatic carbocycles. The van der Waals surface area contributed by atoms with Gasteiger partial charge in [0, 0.05) is 6.54 Å². The number of halogens is 5. The van der Waals surface area contributed by atoms with Gasteiger partial charge in [0.1, 0.15) is 23.6 Å². The van der Waals surface area contributed by atoms with E-state index in [1.54, 1.807) is 24.3 Å². The molecule has 36 heavy (non-hydrogen) atoms. The minimum atomic E-state index is -4.76. The summed E-state index contributed by atoms with van der Waals surface area (Å²) in [5.41, 5.74) is 1.16. The lowest BCUT2D eigenvalue weighted by atomic mass is 10.2. The molecule has 0 aliphatic carbocycles. The minimum absolute atomic E-state index is 0.0268. The second-order valence-electron chi connectivity index (χ2n) is 7.22. The highest BCUT2D eigenvalue weighted by Crippen LogP contribution is 2.33. The van der Waals surface area contributed by atoms with Gasteiger partial charge in [-0.25, -0.2) is 9.67 Å². The fraction of sp³-hybridized carbons (Fsp3) is 0.0870.